The smallest absolute Gasteiger partial charge is 0.299 e. The molecule has 0 bridgehead atoms. The highest BCUT2D eigenvalue weighted by molar-refractivity contribution is 9.10. The molecule has 1 amide bonds. The first kappa shape index (κ1) is 22.6. The third kappa shape index (κ3) is 4.35. The normalized spacial score (nSPS) is 14.8. The van der Waals surface area contributed by atoms with Gasteiger partial charge in [-0.15, -0.1) is 0 Å². The Balaban J connectivity index is 1.62. The van der Waals surface area contributed by atoms with E-state index in [1.54, 1.807) is 30.5 Å². The van der Waals surface area contributed by atoms with Crippen LogP contribution in [0.1, 0.15) is 56.0 Å². The molecule has 1 atom stereocenters. The number of nitrogens with zero attached hydrogens (tertiary/aromatic N) is 1. The summed E-state index contributed by atoms with van der Waals surface area (Å²) in [5, 5.41) is 2.70. The van der Waals surface area contributed by atoms with Crippen LogP contribution in [0.3, 0.4) is 0 Å². The summed E-state index contributed by atoms with van der Waals surface area (Å²) in [5.74, 6) is -1.47. The summed E-state index contributed by atoms with van der Waals surface area (Å²) in [6.45, 7) is 4.96. The van der Waals surface area contributed by atoms with E-state index < -0.39 is 5.92 Å². The maximum absolute atomic E-state index is 15.2. The van der Waals surface area contributed by atoms with Crippen molar-refractivity contribution in [2.75, 3.05) is 6.54 Å². The number of aromatic nitrogens is 2. The Morgan fingerprint density at radius 1 is 1.16 bits per heavy atom. The Hall–Kier alpha value is -2.54. The Bertz CT molecular complexity index is 1130. The molecule has 1 aromatic heterocycles. The van der Waals surface area contributed by atoms with Gasteiger partial charge in [-0.2, -0.15) is 8.78 Å². The van der Waals surface area contributed by atoms with Crippen LogP contribution in [0.25, 0.3) is 22.4 Å². The van der Waals surface area contributed by atoms with Gasteiger partial charge in [0.25, 0.3) is 5.92 Å². The summed E-state index contributed by atoms with van der Waals surface area (Å²) in [7, 11) is 0. The number of imidazole rings is 1. The van der Waals surface area contributed by atoms with Gasteiger partial charge in [0, 0.05) is 33.6 Å². The van der Waals surface area contributed by atoms with Crippen LogP contribution in [-0.4, -0.2) is 22.9 Å². The zero-order chi connectivity index (χ0) is 22.9. The van der Waals surface area contributed by atoms with Crippen molar-refractivity contribution in [1.29, 1.82) is 0 Å². The number of carbonyl (C=O) groups is 1. The molecular formula is C25H26BrF2N3O. The van der Waals surface area contributed by atoms with E-state index in [1.165, 1.54) is 6.07 Å². The highest BCUT2D eigenvalue weighted by atomic mass is 79.9. The van der Waals surface area contributed by atoms with Crippen molar-refractivity contribution in [2.24, 2.45) is 5.92 Å². The molecule has 2 N–H and O–H groups in total. The number of nitrogens with one attached hydrogen (secondary N) is 2. The third-order valence-corrected chi connectivity index (χ3v) is 6.47. The molecule has 32 heavy (non-hydrogen) atoms. The van der Waals surface area contributed by atoms with Crippen molar-refractivity contribution in [3.8, 4) is 22.4 Å². The first-order valence-electron chi connectivity index (χ1n) is 10.9. The van der Waals surface area contributed by atoms with E-state index in [4.69, 9.17) is 0 Å². The Morgan fingerprint density at radius 2 is 1.88 bits per heavy atom. The molecule has 0 spiro atoms. The van der Waals surface area contributed by atoms with Gasteiger partial charge in [-0.25, -0.2) is 4.98 Å². The lowest BCUT2D eigenvalue weighted by Crippen LogP contribution is -2.14. The van der Waals surface area contributed by atoms with Crippen LogP contribution in [-0.2, 0) is 10.7 Å². The van der Waals surface area contributed by atoms with Crippen molar-refractivity contribution in [3.63, 3.8) is 0 Å². The standard InChI is InChI=1S/C25H26BrF2N3O/c1-15(2)10-17(4-3-9-29-14-32)24-30-13-23(31-24)16-5-7-19-20-8-6-18(26)12-22(20)25(27,28)21(19)11-16/h5-8,11-15,17H,3-4,9-10H2,1-2H3,(H,29,32)(H,30,31). The van der Waals surface area contributed by atoms with Crippen LogP contribution in [0.2, 0.25) is 0 Å². The third-order valence-electron chi connectivity index (χ3n) is 5.97. The van der Waals surface area contributed by atoms with Crippen LogP contribution in [0.4, 0.5) is 8.78 Å². The predicted molar refractivity (Wildman–Crippen MR) is 126 cm³/mol. The zero-order valence-electron chi connectivity index (χ0n) is 18.1. The zero-order valence-corrected chi connectivity index (χ0v) is 19.7. The van der Waals surface area contributed by atoms with Crippen LogP contribution < -0.4 is 5.32 Å². The molecule has 0 saturated carbocycles. The highest BCUT2D eigenvalue weighted by Crippen LogP contribution is 2.52. The molecule has 3 aromatic rings. The van der Waals surface area contributed by atoms with Gasteiger partial charge in [-0.05, 0) is 54.5 Å². The van der Waals surface area contributed by atoms with Gasteiger partial charge >= 0.3 is 0 Å². The van der Waals surface area contributed by atoms with Crippen LogP contribution >= 0.6 is 15.9 Å². The van der Waals surface area contributed by atoms with E-state index in [1.807, 2.05) is 6.07 Å². The van der Waals surface area contributed by atoms with E-state index in [-0.39, 0.29) is 17.0 Å². The first-order valence-corrected chi connectivity index (χ1v) is 11.7. The SMILES string of the molecule is CC(C)CC(CCCNC=O)c1ncc(-c2ccc3c(c2)C(F)(F)c2cc(Br)ccc2-3)[nH]1. The molecule has 1 heterocycles. The van der Waals surface area contributed by atoms with Crippen LogP contribution in [0, 0.1) is 5.92 Å². The van der Waals surface area contributed by atoms with Gasteiger partial charge in [-0.1, -0.05) is 48.0 Å². The Kier molecular flexibility index (Phi) is 6.47. The molecule has 0 aliphatic heterocycles. The molecular weight excluding hydrogens is 476 g/mol. The van der Waals surface area contributed by atoms with Crippen molar-refractivity contribution in [3.05, 3.63) is 64.0 Å². The number of halogens is 3. The molecule has 1 aliphatic rings. The minimum absolute atomic E-state index is 0.0258. The average Bonchev–Trinajstić information content (AvgIpc) is 3.32. The minimum atomic E-state index is -3.04. The molecule has 4 rings (SSSR count). The number of hydrogen-bond donors (Lipinski definition) is 2. The van der Waals surface area contributed by atoms with Gasteiger partial charge < -0.3 is 10.3 Å². The maximum atomic E-state index is 15.2. The molecule has 1 unspecified atom stereocenters. The fourth-order valence-electron chi connectivity index (χ4n) is 4.50. The molecule has 1 aliphatic carbocycles. The van der Waals surface area contributed by atoms with E-state index in [2.05, 4.69) is 45.1 Å². The molecule has 7 heteroatoms. The topological polar surface area (TPSA) is 57.8 Å². The Labute approximate surface area is 195 Å². The largest absolute Gasteiger partial charge is 0.359 e. The number of fused-ring (bicyclic) bond motifs is 3. The molecule has 0 radical (unpaired) electrons. The summed E-state index contributed by atoms with van der Waals surface area (Å²) in [4.78, 5) is 18.4. The van der Waals surface area contributed by atoms with Crippen LogP contribution in [0.5, 0.6) is 0 Å². The number of rotatable bonds is 9. The molecule has 4 nitrogen and oxygen atoms in total. The number of hydrogen-bond acceptors (Lipinski definition) is 2. The summed E-state index contributed by atoms with van der Waals surface area (Å²) < 4.78 is 31.1. The second kappa shape index (κ2) is 9.14. The summed E-state index contributed by atoms with van der Waals surface area (Å²) in [6.07, 6.45) is 5.14. The first-order chi connectivity index (χ1) is 15.3. The van der Waals surface area contributed by atoms with Gasteiger partial charge in [-0.3, -0.25) is 4.79 Å². The van der Waals surface area contributed by atoms with Crippen LogP contribution in [0.15, 0.2) is 47.1 Å². The lowest BCUT2D eigenvalue weighted by atomic mass is 9.92. The lowest BCUT2D eigenvalue weighted by Gasteiger charge is -2.17. The number of alkyl halides is 2. The number of carbonyl (C=O) groups excluding carboxylic acids is 1. The van der Waals surface area contributed by atoms with Crippen molar-refractivity contribution < 1.29 is 13.6 Å². The quantitative estimate of drug-likeness (QED) is 0.255. The number of aromatic amines is 1. The molecule has 0 saturated heterocycles. The molecule has 168 valence electrons. The Morgan fingerprint density at radius 3 is 2.59 bits per heavy atom. The van der Waals surface area contributed by atoms with E-state index in [9.17, 15) is 4.79 Å². The number of amides is 1. The van der Waals surface area contributed by atoms with Crippen molar-refractivity contribution in [1.82, 2.24) is 15.3 Å². The molecule has 0 fully saturated rings. The minimum Gasteiger partial charge on any atom is -0.359 e. The van der Waals surface area contributed by atoms with Gasteiger partial charge in [0.15, 0.2) is 0 Å². The fraction of sp³-hybridized carbons (Fsp3) is 0.360. The van der Waals surface area contributed by atoms with Gasteiger partial charge in [0.05, 0.1) is 11.9 Å². The van der Waals surface area contributed by atoms with E-state index in [0.29, 0.717) is 40.0 Å². The lowest BCUT2D eigenvalue weighted by molar-refractivity contribution is -0.109. The second-order valence-electron chi connectivity index (χ2n) is 8.75. The summed E-state index contributed by atoms with van der Waals surface area (Å²) >= 11 is 3.30. The average molecular weight is 502 g/mol. The maximum Gasteiger partial charge on any atom is 0.299 e. The van der Waals surface area contributed by atoms with Crippen molar-refractivity contribution in [2.45, 2.75) is 45.0 Å². The number of H-pyrrole nitrogens is 1. The molecule has 2 aromatic carbocycles. The second-order valence-corrected chi connectivity index (χ2v) is 9.66. The predicted octanol–water partition coefficient (Wildman–Crippen LogP) is 6.62. The fourth-order valence-corrected chi connectivity index (χ4v) is 4.86. The summed E-state index contributed by atoms with van der Waals surface area (Å²) in [6, 6.07) is 10.2. The highest BCUT2D eigenvalue weighted by Gasteiger charge is 2.44. The van der Waals surface area contributed by atoms with Crippen molar-refractivity contribution >= 4 is 22.3 Å². The monoisotopic (exact) mass is 501 g/mol. The van der Waals surface area contributed by atoms with E-state index in [0.717, 1.165) is 30.8 Å². The summed E-state index contributed by atoms with van der Waals surface area (Å²) in [5.41, 5.74) is 2.63. The number of benzene rings is 2. The van der Waals surface area contributed by atoms with Gasteiger partial charge in [0.2, 0.25) is 6.41 Å². The van der Waals surface area contributed by atoms with Gasteiger partial charge in [0.1, 0.15) is 5.82 Å². The van der Waals surface area contributed by atoms with E-state index >= 15 is 8.78 Å².